The van der Waals surface area contributed by atoms with Gasteiger partial charge in [-0.3, -0.25) is 14.2 Å². The quantitative estimate of drug-likeness (QED) is 0.442. The maximum absolute atomic E-state index is 13.2. The summed E-state index contributed by atoms with van der Waals surface area (Å²) < 4.78 is 8.52. The predicted molar refractivity (Wildman–Crippen MR) is 113 cm³/mol. The molecular formula is C21H20N8O3. The molecule has 1 amide bonds. The first-order chi connectivity index (χ1) is 15.6. The lowest BCUT2D eigenvalue weighted by Gasteiger charge is -2.39. The number of hydrogen-bond donors (Lipinski definition) is 0. The third kappa shape index (κ3) is 3.64. The molecule has 0 N–H and O–H groups in total. The molecule has 32 heavy (non-hydrogen) atoms. The van der Waals surface area contributed by atoms with Crippen molar-refractivity contribution in [3.8, 4) is 11.4 Å². The van der Waals surface area contributed by atoms with Crippen molar-refractivity contribution in [2.45, 2.75) is 12.6 Å². The molecule has 11 heteroatoms. The van der Waals surface area contributed by atoms with E-state index in [9.17, 15) is 9.59 Å². The molecule has 3 aromatic heterocycles. The smallest absolute Gasteiger partial charge is 0.259 e. The molecule has 0 bridgehead atoms. The van der Waals surface area contributed by atoms with E-state index in [0.717, 1.165) is 5.69 Å². The molecule has 1 aliphatic heterocycles. The molecule has 11 nitrogen and oxygen atoms in total. The first-order valence-corrected chi connectivity index (χ1v) is 10.0. The Hall–Kier alpha value is -4.28. The van der Waals surface area contributed by atoms with E-state index in [1.165, 1.54) is 28.7 Å². The van der Waals surface area contributed by atoms with Gasteiger partial charge in [0.15, 0.2) is 0 Å². The van der Waals surface area contributed by atoms with Gasteiger partial charge in [-0.2, -0.15) is 15.0 Å². The lowest BCUT2D eigenvalue weighted by molar-refractivity contribution is 0.0494. The SMILES string of the molecule is COc1cc(=O)n(-c2ccccc2)cc1C(=O)N1CC(n2cc(Cn3nccn3)nn2)C1. The molecule has 0 spiro atoms. The summed E-state index contributed by atoms with van der Waals surface area (Å²) in [7, 11) is 1.45. The average molecular weight is 432 g/mol. The van der Waals surface area contributed by atoms with Crippen LogP contribution in [0.15, 0.2) is 66.0 Å². The van der Waals surface area contributed by atoms with E-state index in [4.69, 9.17) is 4.74 Å². The van der Waals surface area contributed by atoms with Crippen LogP contribution in [0.5, 0.6) is 5.75 Å². The Morgan fingerprint density at radius 3 is 2.59 bits per heavy atom. The molecule has 0 atom stereocenters. The van der Waals surface area contributed by atoms with Crippen molar-refractivity contribution >= 4 is 5.91 Å². The van der Waals surface area contributed by atoms with Crippen molar-refractivity contribution in [2.24, 2.45) is 0 Å². The van der Waals surface area contributed by atoms with Crippen LogP contribution in [-0.2, 0) is 6.54 Å². The Bertz CT molecular complexity index is 1290. The summed E-state index contributed by atoms with van der Waals surface area (Å²) in [5.41, 5.74) is 1.48. The van der Waals surface area contributed by atoms with Gasteiger partial charge in [-0.25, -0.2) is 4.68 Å². The van der Waals surface area contributed by atoms with Gasteiger partial charge < -0.3 is 9.64 Å². The zero-order chi connectivity index (χ0) is 22.1. The van der Waals surface area contributed by atoms with Crippen molar-refractivity contribution in [1.82, 2.24) is 39.5 Å². The molecule has 1 aromatic carbocycles. The summed E-state index contributed by atoms with van der Waals surface area (Å²) in [5.74, 6) is 0.0502. The monoisotopic (exact) mass is 432 g/mol. The Kier molecular flexibility index (Phi) is 4.98. The summed E-state index contributed by atoms with van der Waals surface area (Å²) in [6.45, 7) is 1.39. The average Bonchev–Trinajstić information content (AvgIpc) is 3.46. The minimum absolute atomic E-state index is 0.0248. The third-order valence-electron chi connectivity index (χ3n) is 5.35. The molecule has 5 rings (SSSR count). The molecule has 1 aliphatic rings. The first kappa shape index (κ1) is 19.7. The minimum Gasteiger partial charge on any atom is -0.496 e. The van der Waals surface area contributed by atoms with Crippen LogP contribution in [0, 0.1) is 0 Å². The number of carbonyl (C=O) groups excluding carboxylic acids is 1. The Morgan fingerprint density at radius 2 is 1.88 bits per heavy atom. The highest BCUT2D eigenvalue weighted by Crippen LogP contribution is 2.26. The fraction of sp³-hybridized carbons (Fsp3) is 0.238. The fourth-order valence-corrected chi connectivity index (χ4v) is 3.63. The number of rotatable bonds is 6. The largest absolute Gasteiger partial charge is 0.496 e. The highest BCUT2D eigenvalue weighted by Gasteiger charge is 2.35. The highest BCUT2D eigenvalue weighted by atomic mass is 16.5. The number of pyridine rings is 1. The van der Waals surface area contributed by atoms with Crippen molar-refractivity contribution in [1.29, 1.82) is 0 Å². The number of para-hydroxylation sites is 1. The van der Waals surface area contributed by atoms with Gasteiger partial charge in [-0.15, -0.1) is 5.10 Å². The van der Waals surface area contributed by atoms with Crippen molar-refractivity contribution in [2.75, 3.05) is 20.2 Å². The Labute approximate surface area is 182 Å². The van der Waals surface area contributed by atoms with Gasteiger partial charge >= 0.3 is 0 Å². The van der Waals surface area contributed by atoms with Gasteiger partial charge in [-0.1, -0.05) is 23.4 Å². The van der Waals surface area contributed by atoms with Gasteiger partial charge in [0, 0.05) is 31.0 Å². The van der Waals surface area contributed by atoms with Gasteiger partial charge in [0.1, 0.15) is 18.0 Å². The molecule has 1 saturated heterocycles. The summed E-state index contributed by atoms with van der Waals surface area (Å²) in [5, 5.41) is 16.4. The zero-order valence-corrected chi connectivity index (χ0v) is 17.3. The second kappa shape index (κ2) is 8.10. The van der Waals surface area contributed by atoms with Crippen molar-refractivity contribution in [3.63, 3.8) is 0 Å². The number of nitrogens with zero attached hydrogens (tertiary/aromatic N) is 8. The molecule has 162 valence electrons. The molecule has 1 fully saturated rings. The van der Waals surface area contributed by atoms with Crippen LogP contribution in [0.1, 0.15) is 22.1 Å². The molecule has 0 saturated carbocycles. The number of methoxy groups -OCH3 is 1. The number of ether oxygens (including phenoxy) is 1. The number of aromatic nitrogens is 7. The third-order valence-corrected chi connectivity index (χ3v) is 5.35. The van der Waals surface area contributed by atoms with E-state index in [1.54, 1.807) is 22.0 Å². The second-order valence-corrected chi connectivity index (χ2v) is 7.41. The van der Waals surface area contributed by atoms with E-state index >= 15 is 0 Å². The van der Waals surface area contributed by atoms with E-state index in [1.807, 2.05) is 36.5 Å². The van der Waals surface area contributed by atoms with Crippen molar-refractivity contribution < 1.29 is 9.53 Å². The van der Waals surface area contributed by atoms with Gasteiger partial charge in [0.05, 0.1) is 37.3 Å². The van der Waals surface area contributed by atoms with Crippen LogP contribution in [0.25, 0.3) is 5.69 Å². The maximum atomic E-state index is 13.2. The Balaban J connectivity index is 1.32. The van der Waals surface area contributed by atoms with Crippen LogP contribution in [0.2, 0.25) is 0 Å². The predicted octanol–water partition coefficient (Wildman–Crippen LogP) is 0.774. The number of benzene rings is 1. The number of amides is 1. The summed E-state index contributed by atoms with van der Waals surface area (Å²) >= 11 is 0. The van der Waals surface area contributed by atoms with Crippen LogP contribution in [0.3, 0.4) is 0 Å². The number of hydrogen-bond acceptors (Lipinski definition) is 7. The van der Waals surface area contributed by atoms with Gasteiger partial charge in [0.25, 0.3) is 11.5 Å². The van der Waals surface area contributed by atoms with E-state index in [0.29, 0.717) is 30.9 Å². The first-order valence-electron chi connectivity index (χ1n) is 10.0. The molecule has 0 aliphatic carbocycles. The molecule has 4 heterocycles. The molecule has 4 aromatic rings. The van der Waals surface area contributed by atoms with Crippen LogP contribution in [-0.4, -0.2) is 65.6 Å². The topological polar surface area (TPSA) is 113 Å². The Morgan fingerprint density at radius 1 is 1.12 bits per heavy atom. The van der Waals surface area contributed by atoms with Crippen molar-refractivity contribution in [3.05, 3.63) is 82.8 Å². The lowest BCUT2D eigenvalue weighted by atomic mass is 10.1. The second-order valence-electron chi connectivity index (χ2n) is 7.41. The standard InChI is InChI=1S/C21H20N8O3/c1-32-19-9-20(30)27(16-5-3-2-4-6-16)14-18(19)21(31)26-12-17(13-26)28-10-15(24-25-28)11-29-22-7-8-23-29/h2-10,14,17H,11-13H2,1H3. The van der Waals surface area contributed by atoms with E-state index in [-0.39, 0.29) is 23.3 Å². The van der Waals surface area contributed by atoms with Gasteiger partial charge in [0.2, 0.25) is 0 Å². The van der Waals surface area contributed by atoms with E-state index < -0.39 is 0 Å². The number of likely N-dealkylation sites (tertiary alicyclic amines) is 1. The summed E-state index contributed by atoms with van der Waals surface area (Å²) in [6.07, 6.45) is 6.59. The normalized spacial score (nSPS) is 13.7. The summed E-state index contributed by atoms with van der Waals surface area (Å²) in [4.78, 5) is 28.9. The lowest BCUT2D eigenvalue weighted by Crippen LogP contribution is -2.51. The molecule has 0 unspecified atom stereocenters. The minimum atomic E-state index is -0.270. The van der Waals surface area contributed by atoms with Crippen LogP contribution in [0.4, 0.5) is 0 Å². The van der Waals surface area contributed by atoms with E-state index in [2.05, 4.69) is 20.5 Å². The van der Waals surface area contributed by atoms with Crippen LogP contribution >= 0.6 is 0 Å². The highest BCUT2D eigenvalue weighted by molar-refractivity contribution is 5.97. The fourth-order valence-electron chi connectivity index (χ4n) is 3.63. The summed E-state index contributed by atoms with van der Waals surface area (Å²) in [6, 6.07) is 10.5. The van der Waals surface area contributed by atoms with Gasteiger partial charge in [-0.05, 0) is 12.1 Å². The zero-order valence-electron chi connectivity index (χ0n) is 17.3. The van der Waals surface area contributed by atoms with Crippen LogP contribution < -0.4 is 10.3 Å². The molecule has 0 radical (unpaired) electrons. The molecular weight excluding hydrogens is 412 g/mol. The number of carbonyl (C=O) groups is 1. The maximum Gasteiger partial charge on any atom is 0.259 e.